The van der Waals surface area contributed by atoms with Crippen LogP contribution in [0.4, 0.5) is 11.5 Å². The van der Waals surface area contributed by atoms with Gasteiger partial charge in [-0.3, -0.25) is 4.72 Å². The van der Waals surface area contributed by atoms with Crippen LogP contribution < -0.4 is 10.0 Å². The van der Waals surface area contributed by atoms with Crippen molar-refractivity contribution in [2.45, 2.75) is 18.2 Å². The number of rotatable bonds is 6. The maximum Gasteiger partial charge on any atom is 0.265 e. The zero-order valence-electron chi connectivity index (χ0n) is 10.3. The molecule has 7 nitrogen and oxygen atoms in total. The molecule has 2 aromatic rings. The van der Waals surface area contributed by atoms with Gasteiger partial charge < -0.3 is 9.84 Å². The van der Waals surface area contributed by atoms with E-state index in [2.05, 4.69) is 24.7 Å². The standard InChI is InChI=1S/C11H14N4O3S/c1-2-5-12-11-10(4-3-6-13-11)19(16,17)15-9-7-14-18-8-9/h3-4,6-8,15H,2,5H2,1H3,(H,12,13). The molecule has 0 amide bonds. The maximum atomic E-state index is 12.2. The zero-order valence-corrected chi connectivity index (χ0v) is 11.1. The molecule has 2 rings (SSSR count). The van der Waals surface area contributed by atoms with E-state index in [1.165, 1.54) is 24.7 Å². The number of anilines is 2. The van der Waals surface area contributed by atoms with Crippen LogP contribution in [0.25, 0.3) is 0 Å². The van der Waals surface area contributed by atoms with Crippen LogP contribution in [0, 0.1) is 0 Å². The molecule has 0 unspecified atom stereocenters. The minimum Gasteiger partial charge on any atom is -0.369 e. The Morgan fingerprint density at radius 2 is 2.26 bits per heavy atom. The monoisotopic (exact) mass is 282 g/mol. The fourth-order valence-corrected chi connectivity index (χ4v) is 2.61. The average Bonchev–Trinajstić information content (AvgIpc) is 2.88. The van der Waals surface area contributed by atoms with Gasteiger partial charge in [0.2, 0.25) is 0 Å². The second-order valence-corrected chi connectivity index (χ2v) is 5.45. The fourth-order valence-electron chi connectivity index (χ4n) is 1.45. The van der Waals surface area contributed by atoms with E-state index in [4.69, 9.17) is 0 Å². The second kappa shape index (κ2) is 5.70. The van der Waals surface area contributed by atoms with Crippen LogP contribution in [0.5, 0.6) is 0 Å². The topological polar surface area (TPSA) is 97.1 Å². The van der Waals surface area contributed by atoms with Crippen molar-refractivity contribution in [1.82, 2.24) is 10.1 Å². The third-order valence-electron chi connectivity index (χ3n) is 2.29. The quantitative estimate of drug-likeness (QED) is 0.836. The predicted molar refractivity (Wildman–Crippen MR) is 70.3 cm³/mol. The first kappa shape index (κ1) is 13.3. The zero-order chi connectivity index (χ0) is 13.7. The molecule has 0 saturated heterocycles. The number of aromatic nitrogens is 2. The van der Waals surface area contributed by atoms with Crippen LogP contribution in [0.15, 0.2) is 40.2 Å². The Morgan fingerprint density at radius 3 is 2.95 bits per heavy atom. The minimum atomic E-state index is -3.72. The molecule has 0 radical (unpaired) electrons. The van der Waals surface area contributed by atoms with Crippen molar-refractivity contribution in [3.63, 3.8) is 0 Å². The van der Waals surface area contributed by atoms with Crippen molar-refractivity contribution >= 4 is 21.5 Å². The van der Waals surface area contributed by atoms with E-state index in [1.807, 2.05) is 6.92 Å². The van der Waals surface area contributed by atoms with Gasteiger partial charge in [0.1, 0.15) is 22.7 Å². The lowest BCUT2D eigenvalue weighted by molar-refractivity contribution is 0.420. The van der Waals surface area contributed by atoms with E-state index in [0.717, 1.165) is 6.42 Å². The van der Waals surface area contributed by atoms with Crippen LogP contribution in [-0.2, 0) is 10.0 Å². The number of hydrogen-bond donors (Lipinski definition) is 2. The Labute approximate surface area is 111 Å². The van der Waals surface area contributed by atoms with E-state index in [9.17, 15) is 8.42 Å². The summed E-state index contributed by atoms with van der Waals surface area (Å²) < 4.78 is 31.4. The highest BCUT2D eigenvalue weighted by molar-refractivity contribution is 7.92. The molecule has 102 valence electrons. The highest BCUT2D eigenvalue weighted by Crippen LogP contribution is 2.21. The third-order valence-corrected chi connectivity index (χ3v) is 3.70. The maximum absolute atomic E-state index is 12.2. The van der Waals surface area contributed by atoms with Crippen LogP contribution >= 0.6 is 0 Å². The second-order valence-electron chi connectivity index (χ2n) is 3.80. The first-order valence-corrected chi connectivity index (χ1v) is 7.23. The Morgan fingerprint density at radius 1 is 1.42 bits per heavy atom. The summed E-state index contributed by atoms with van der Waals surface area (Å²) in [7, 11) is -3.72. The number of hydrogen-bond acceptors (Lipinski definition) is 6. The first-order chi connectivity index (χ1) is 9.13. The summed E-state index contributed by atoms with van der Waals surface area (Å²) in [5.74, 6) is 0.327. The van der Waals surface area contributed by atoms with Crippen LogP contribution in [0.3, 0.4) is 0 Å². The van der Waals surface area contributed by atoms with Gasteiger partial charge >= 0.3 is 0 Å². The number of pyridine rings is 1. The Balaban J connectivity index is 2.29. The lowest BCUT2D eigenvalue weighted by Crippen LogP contribution is -2.16. The molecule has 0 bridgehead atoms. The number of nitrogens with one attached hydrogen (secondary N) is 2. The van der Waals surface area contributed by atoms with Crippen LogP contribution in [0.2, 0.25) is 0 Å². The number of nitrogens with zero attached hydrogens (tertiary/aromatic N) is 2. The Bertz CT molecular complexity index is 625. The van der Waals surface area contributed by atoms with Gasteiger partial charge in [-0.15, -0.1) is 0 Å². The summed E-state index contributed by atoms with van der Waals surface area (Å²) in [6, 6.07) is 3.06. The van der Waals surface area contributed by atoms with Crippen molar-refractivity contribution in [1.29, 1.82) is 0 Å². The molecule has 0 aliphatic rings. The summed E-state index contributed by atoms with van der Waals surface area (Å²) in [4.78, 5) is 4.13. The van der Waals surface area contributed by atoms with Crippen molar-refractivity contribution in [3.8, 4) is 0 Å². The SMILES string of the molecule is CCCNc1ncccc1S(=O)(=O)Nc1cnoc1. The van der Waals surface area contributed by atoms with E-state index in [-0.39, 0.29) is 10.6 Å². The summed E-state index contributed by atoms with van der Waals surface area (Å²) in [6.07, 6.45) is 4.91. The molecule has 2 aromatic heterocycles. The molecule has 0 aliphatic heterocycles. The van der Waals surface area contributed by atoms with Crippen molar-refractivity contribution in [3.05, 3.63) is 30.8 Å². The van der Waals surface area contributed by atoms with Gasteiger partial charge in [-0.25, -0.2) is 13.4 Å². The van der Waals surface area contributed by atoms with E-state index in [1.54, 1.807) is 6.07 Å². The molecule has 8 heteroatoms. The first-order valence-electron chi connectivity index (χ1n) is 5.74. The highest BCUT2D eigenvalue weighted by Gasteiger charge is 2.19. The largest absolute Gasteiger partial charge is 0.369 e. The van der Waals surface area contributed by atoms with Gasteiger partial charge in [-0.2, -0.15) is 0 Å². The summed E-state index contributed by atoms with van der Waals surface area (Å²) in [5.41, 5.74) is 0.269. The smallest absolute Gasteiger partial charge is 0.265 e. The Kier molecular flexibility index (Phi) is 4.00. The molecular weight excluding hydrogens is 268 g/mol. The van der Waals surface area contributed by atoms with Gasteiger partial charge in [0.25, 0.3) is 10.0 Å². The normalized spacial score (nSPS) is 11.2. The van der Waals surface area contributed by atoms with Crippen molar-refractivity contribution < 1.29 is 12.9 Å². The molecule has 2 N–H and O–H groups in total. The summed E-state index contributed by atoms with van der Waals surface area (Å²) >= 11 is 0. The lowest BCUT2D eigenvalue weighted by atomic mass is 10.4. The molecule has 0 aromatic carbocycles. The molecular formula is C11H14N4O3S. The molecule has 0 aliphatic carbocycles. The number of sulfonamides is 1. The predicted octanol–water partition coefficient (Wildman–Crippen LogP) is 1.69. The van der Waals surface area contributed by atoms with Gasteiger partial charge in [0.15, 0.2) is 0 Å². The van der Waals surface area contributed by atoms with Crippen molar-refractivity contribution in [2.24, 2.45) is 0 Å². The minimum absolute atomic E-state index is 0.0876. The molecule has 0 spiro atoms. The Hall–Kier alpha value is -2.09. The molecule has 2 heterocycles. The van der Waals surface area contributed by atoms with Crippen molar-refractivity contribution in [2.75, 3.05) is 16.6 Å². The van der Waals surface area contributed by atoms with Gasteiger partial charge in [0, 0.05) is 12.7 Å². The van der Waals surface area contributed by atoms with Crippen LogP contribution in [0.1, 0.15) is 13.3 Å². The average molecular weight is 282 g/mol. The fraction of sp³-hybridized carbons (Fsp3) is 0.273. The highest BCUT2D eigenvalue weighted by atomic mass is 32.2. The van der Waals surface area contributed by atoms with E-state index >= 15 is 0 Å². The summed E-state index contributed by atoms with van der Waals surface area (Å²) in [6.45, 7) is 2.63. The van der Waals surface area contributed by atoms with Gasteiger partial charge in [-0.05, 0) is 18.6 Å². The lowest BCUT2D eigenvalue weighted by Gasteiger charge is -2.11. The summed E-state index contributed by atoms with van der Waals surface area (Å²) in [5, 5.41) is 6.42. The molecule has 0 saturated carbocycles. The van der Waals surface area contributed by atoms with Gasteiger partial charge in [-0.1, -0.05) is 12.1 Å². The van der Waals surface area contributed by atoms with Crippen LogP contribution in [-0.4, -0.2) is 25.1 Å². The van der Waals surface area contributed by atoms with Gasteiger partial charge in [0.05, 0.1) is 6.20 Å². The van der Waals surface area contributed by atoms with E-state index < -0.39 is 10.0 Å². The molecule has 0 atom stereocenters. The third kappa shape index (κ3) is 3.22. The molecule has 0 fully saturated rings. The molecule has 19 heavy (non-hydrogen) atoms. The van der Waals surface area contributed by atoms with E-state index in [0.29, 0.717) is 12.4 Å².